The maximum Gasteiger partial charge on any atom is 0.324 e. The lowest BCUT2D eigenvalue weighted by molar-refractivity contribution is -0.135. The predicted molar refractivity (Wildman–Crippen MR) is 86.9 cm³/mol. The molecule has 2 rings (SSSR count). The molecule has 0 radical (unpaired) electrons. The Labute approximate surface area is 136 Å². The van der Waals surface area contributed by atoms with Gasteiger partial charge in [-0.15, -0.1) is 0 Å². The fourth-order valence-corrected chi connectivity index (χ4v) is 4.23. The molecule has 1 N–H and O–H groups in total. The third-order valence-electron chi connectivity index (χ3n) is 3.98. The Morgan fingerprint density at radius 1 is 1.35 bits per heavy atom. The van der Waals surface area contributed by atoms with Gasteiger partial charge in [-0.25, -0.2) is 4.31 Å². The molecule has 0 unspecified atom stereocenters. The van der Waals surface area contributed by atoms with Crippen LogP contribution in [0, 0.1) is 5.92 Å². The highest BCUT2D eigenvalue weighted by atomic mass is 32.2. The van der Waals surface area contributed by atoms with Crippen molar-refractivity contribution in [2.24, 2.45) is 5.92 Å². The molecule has 0 aliphatic carbocycles. The molecule has 1 aromatic rings. The van der Waals surface area contributed by atoms with E-state index in [1.54, 1.807) is 24.3 Å². The molecule has 1 aliphatic rings. The number of ether oxygens (including phenoxy) is 1. The van der Waals surface area contributed by atoms with E-state index in [9.17, 15) is 13.2 Å². The van der Waals surface area contributed by atoms with Crippen LogP contribution in [0.1, 0.15) is 19.8 Å². The van der Waals surface area contributed by atoms with Gasteiger partial charge in [-0.05, 0) is 30.9 Å². The molecule has 1 heterocycles. The molecule has 8 heteroatoms. The van der Waals surface area contributed by atoms with Crippen LogP contribution in [0.5, 0.6) is 5.75 Å². The van der Waals surface area contributed by atoms with E-state index in [-0.39, 0.29) is 5.69 Å². The van der Waals surface area contributed by atoms with Crippen LogP contribution < -0.4 is 9.04 Å². The molecule has 23 heavy (non-hydrogen) atoms. The Morgan fingerprint density at radius 2 is 1.96 bits per heavy atom. The van der Waals surface area contributed by atoms with Gasteiger partial charge in [0, 0.05) is 13.1 Å². The molecule has 1 aromatic carbocycles. The summed E-state index contributed by atoms with van der Waals surface area (Å²) in [4.78, 5) is 11.2. The van der Waals surface area contributed by atoms with Gasteiger partial charge in [0.25, 0.3) is 0 Å². The van der Waals surface area contributed by atoms with Crippen molar-refractivity contribution in [2.45, 2.75) is 19.8 Å². The second kappa shape index (κ2) is 7.18. The normalized spacial score (nSPS) is 17.0. The standard InChI is InChI=1S/C15H22N2O5S/c1-12-7-9-16(10-8-12)23(20,21)17(11-15(18)19)13-5-3-4-6-14(13)22-2/h3-6,12H,7-11H2,1-2H3,(H,18,19). The topological polar surface area (TPSA) is 87.1 Å². The number of nitrogens with zero attached hydrogens (tertiary/aromatic N) is 2. The lowest BCUT2D eigenvalue weighted by Crippen LogP contribution is -2.48. The number of carboxylic acids is 1. The van der Waals surface area contributed by atoms with Gasteiger partial charge in [0.1, 0.15) is 12.3 Å². The fraction of sp³-hybridized carbons (Fsp3) is 0.533. The Hall–Kier alpha value is -1.80. The number of hydrogen-bond donors (Lipinski definition) is 1. The lowest BCUT2D eigenvalue weighted by atomic mass is 10.0. The molecule has 128 valence electrons. The molecule has 1 aliphatic heterocycles. The van der Waals surface area contributed by atoms with Crippen LogP contribution in [0.15, 0.2) is 24.3 Å². The van der Waals surface area contributed by atoms with Crippen molar-refractivity contribution >= 4 is 21.9 Å². The van der Waals surface area contributed by atoms with Crippen LogP contribution in [0.4, 0.5) is 5.69 Å². The molecular formula is C15H22N2O5S. The van der Waals surface area contributed by atoms with Gasteiger partial charge in [-0.1, -0.05) is 19.1 Å². The molecule has 0 saturated carbocycles. The number of carbonyl (C=O) groups is 1. The minimum Gasteiger partial charge on any atom is -0.495 e. The third kappa shape index (κ3) is 3.94. The summed E-state index contributed by atoms with van der Waals surface area (Å²) in [5, 5.41) is 9.15. The van der Waals surface area contributed by atoms with Crippen LogP contribution in [0.2, 0.25) is 0 Å². The van der Waals surface area contributed by atoms with Crippen molar-refractivity contribution in [3.8, 4) is 5.75 Å². The highest BCUT2D eigenvalue weighted by Crippen LogP contribution is 2.31. The first-order chi connectivity index (χ1) is 10.9. The van der Waals surface area contributed by atoms with Gasteiger partial charge in [-0.3, -0.25) is 4.79 Å². The van der Waals surface area contributed by atoms with E-state index in [2.05, 4.69) is 6.92 Å². The number of hydrogen-bond acceptors (Lipinski definition) is 4. The number of methoxy groups -OCH3 is 1. The Morgan fingerprint density at radius 3 is 2.52 bits per heavy atom. The molecule has 0 aromatic heterocycles. The summed E-state index contributed by atoms with van der Waals surface area (Å²) >= 11 is 0. The number of benzene rings is 1. The maximum atomic E-state index is 12.9. The monoisotopic (exact) mass is 342 g/mol. The van der Waals surface area contributed by atoms with E-state index < -0.39 is 22.7 Å². The predicted octanol–water partition coefficient (Wildman–Crippen LogP) is 1.56. The maximum absolute atomic E-state index is 12.9. The first-order valence-electron chi connectivity index (χ1n) is 7.49. The molecule has 1 saturated heterocycles. The average Bonchev–Trinajstić information content (AvgIpc) is 2.52. The third-order valence-corrected chi connectivity index (χ3v) is 5.88. The lowest BCUT2D eigenvalue weighted by Gasteiger charge is -2.34. The highest BCUT2D eigenvalue weighted by molar-refractivity contribution is 7.90. The largest absolute Gasteiger partial charge is 0.495 e. The Kier molecular flexibility index (Phi) is 5.48. The van der Waals surface area contributed by atoms with E-state index in [4.69, 9.17) is 9.84 Å². The number of rotatable bonds is 6. The van der Waals surface area contributed by atoms with Gasteiger partial charge in [0.15, 0.2) is 0 Å². The molecule has 0 bridgehead atoms. The van der Waals surface area contributed by atoms with Crippen molar-refractivity contribution in [1.29, 1.82) is 0 Å². The van der Waals surface area contributed by atoms with Crippen molar-refractivity contribution in [2.75, 3.05) is 31.0 Å². The van der Waals surface area contributed by atoms with Crippen molar-refractivity contribution in [1.82, 2.24) is 4.31 Å². The number of aliphatic carboxylic acids is 1. The number of anilines is 1. The van der Waals surface area contributed by atoms with Gasteiger partial charge >= 0.3 is 16.2 Å². The zero-order valence-corrected chi connectivity index (χ0v) is 14.1. The summed E-state index contributed by atoms with van der Waals surface area (Å²) in [6, 6.07) is 6.51. The Balaban J connectivity index is 2.39. The van der Waals surface area contributed by atoms with E-state index in [0.29, 0.717) is 24.8 Å². The summed E-state index contributed by atoms with van der Waals surface area (Å²) in [5.41, 5.74) is 0.232. The second-order valence-electron chi connectivity index (χ2n) is 5.66. The van der Waals surface area contributed by atoms with Crippen LogP contribution in [0.25, 0.3) is 0 Å². The zero-order valence-electron chi connectivity index (χ0n) is 13.3. The van der Waals surface area contributed by atoms with Gasteiger partial charge in [-0.2, -0.15) is 12.7 Å². The van der Waals surface area contributed by atoms with E-state index >= 15 is 0 Å². The average molecular weight is 342 g/mol. The van der Waals surface area contributed by atoms with Crippen molar-refractivity contribution in [3.63, 3.8) is 0 Å². The zero-order chi connectivity index (χ0) is 17.0. The summed E-state index contributed by atoms with van der Waals surface area (Å²) in [5.74, 6) is -0.423. The fourth-order valence-electron chi connectivity index (χ4n) is 2.60. The van der Waals surface area contributed by atoms with Crippen LogP contribution in [-0.4, -0.2) is 50.5 Å². The molecule has 0 amide bonds. The summed E-state index contributed by atoms with van der Waals surface area (Å²) in [7, 11) is -2.50. The molecular weight excluding hydrogens is 320 g/mol. The SMILES string of the molecule is COc1ccccc1N(CC(=O)O)S(=O)(=O)N1CCC(C)CC1. The van der Waals surface area contributed by atoms with Crippen molar-refractivity contribution in [3.05, 3.63) is 24.3 Å². The molecule has 7 nitrogen and oxygen atoms in total. The van der Waals surface area contributed by atoms with E-state index in [1.165, 1.54) is 11.4 Å². The first kappa shape index (κ1) is 17.6. The second-order valence-corrected chi connectivity index (χ2v) is 7.51. The van der Waals surface area contributed by atoms with Gasteiger partial charge in [0.2, 0.25) is 0 Å². The number of para-hydroxylation sites is 2. The molecule has 1 fully saturated rings. The summed E-state index contributed by atoms with van der Waals surface area (Å²) in [6.07, 6.45) is 1.54. The number of carboxylic acid groups (broad SMARTS) is 1. The van der Waals surface area contributed by atoms with Crippen molar-refractivity contribution < 1.29 is 23.1 Å². The minimum atomic E-state index is -3.92. The molecule has 0 atom stereocenters. The van der Waals surface area contributed by atoms with Crippen LogP contribution >= 0.6 is 0 Å². The smallest absolute Gasteiger partial charge is 0.324 e. The van der Waals surface area contributed by atoms with Crippen LogP contribution in [-0.2, 0) is 15.0 Å². The molecule has 0 spiro atoms. The quantitative estimate of drug-likeness (QED) is 0.848. The highest BCUT2D eigenvalue weighted by Gasteiger charge is 2.34. The summed E-state index contributed by atoms with van der Waals surface area (Å²) in [6.45, 7) is 2.23. The van der Waals surface area contributed by atoms with Gasteiger partial charge in [0.05, 0.1) is 12.8 Å². The van der Waals surface area contributed by atoms with Crippen LogP contribution in [0.3, 0.4) is 0 Å². The first-order valence-corrected chi connectivity index (χ1v) is 8.88. The number of piperidine rings is 1. The van der Waals surface area contributed by atoms with Gasteiger partial charge < -0.3 is 9.84 Å². The van der Waals surface area contributed by atoms with E-state index in [1.807, 2.05) is 0 Å². The summed E-state index contributed by atoms with van der Waals surface area (Å²) < 4.78 is 33.3. The Bertz CT molecular complexity index is 654. The van der Waals surface area contributed by atoms with E-state index in [0.717, 1.165) is 17.1 Å². The minimum absolute atomic E-state index is 0.232.